The van der Waals surface area contributed by atoms with Gasteiger partial charge in [-0.2, -0.15) is 9.61 Å². The maximum atomic E-state index is 11.5. The van der Waals surface area contributed by atoms with Crippen molar-refractivity contribution in [3.8, 4) is 0 Å². The summed E-state index contributed by atoms with van der Waals surface area (Å²) in [6.45, 7) is 3.90. The molecule has 0 unspecified atom stereocenters. The van der Waals surface area contributed by atoms with Crippen LogP contribution in [0.2, 0.25) is 0 Å². The molecule has 0 radical (unpaired) electrons. The third-order valence-corrected chi connectivity index (χ3v) is 2.46. The van der Waals surface area contributed by atoms with E-state index in [-0.39, 0.29) is 5.97 Å². The van der Waals surface area contributed by atoms with E-state index in [1.807, 2.05) is 0 Å². The highest BCUT2D eigenvalue weighted by atomic mass is 32.1. The monoisotopic (exact) mass is 211 g/mol. The smallest absolute Gasteiger partial charge is 0.359 e. The summed E-state index contributed by atoms with van der Waals surface area (Å²) in [6, 6.07) is 0. The topological polar surface area (TPSA) is 56.5 Å². The normalized spacial score (nSPS) is 10.7. The molecule has 2 aromatic rings. The fourth-order valence-electron chi connectivity index (χ4n) is 1.23. The van der Waals surface area contributed by atoms with Gasteiger partial charge in [-0.15, -0.1) is 0 Å². The number of hydrogen-bond donors (Lipinski definition) is 0. The lowest BCUT2D eigenvalue weighted by Gasteiger charge is -1.99. The summed E-state index contributed by atoms with van der Waals surface area (Å²) in [6.07, 6.45) is 0. The molecule has 0 N–H and O–H groups in total. The van der Waals surface area contributed by atoms with Gasteiger partial charge in [0.1, 0.15) is 5.51 Å². The maximum absolute atomic E-state index is 11.5. The minimum absolute atomic E-state index is 0.357. The van der Waals surface area contributed by atoms with Gasteiger partial charge in [0.15, 0.2) is 5.69 Å². The standard InChI is InChI=1S/C8H9N3O2S/c1-3-13-7(12)6-5(2)10-8-11(6)9-4-14-8/h4H,3H2,1-2H3. The van der Waals surface area contributed by atoms with Crippen LogP contribution in [0.1, 0.15) is 23.1 Å². The van der Waals surface area contributed by atoms with Gasteiger partial charge in [0.2, 0.25) is 4.96 Å². The predicted molar refractivity (Wildman–Crippen MR) is 51.6 cm³/mol. The third-order valence-electron chi connectivity index (χ3n) is 1.79. The molecule has 0 aliphatic rings. The van der Waals surface area contributed by atoms with Crippen molar-refractivity contribution < 1.29 is 9.53 Å². The molecule has 0 aliphatic heterocycles. The highest BCUT2D eigenvalue weighted by molar-refractivity contribution is 7.14. The maximum Gasteiger partial charge on any atom is 0.359 e. The first-order valence-electron chi connectivity index (χ1n) is 4.20. The second kappa shape index (κ2) is 3.38. The lowest BCUT2D eigenvalue weighted by Crippen LogP contribution is -2.09. The second-order valence-electron chi connectivity index (χ2n) is 2.70. The Morgan fingerprint density at radius 1 is 1.71 bits per heavy atom. The van der Waals surface area contributed by atoms with Gasteiger partial charge in [0, 0.05) is 0 Å². The number of aryl methyl sites for hydroxylation is 1. The molecule has 0 aromatic carbocycles. The van der Waals surface area contributed by atoms with Crippen molar-refractivity contribution in [2.75, 3.05) is 6.61 Å². The van der Waals surface area contributed by atoms with E-state index in [0.29, 0.717) is 23.0 Å². The van der Waals surface area contributed by atoms with Crippen molar-refractivity contribution in [1.82, 2.24) is 14.6 Å². The molecule has 0 spiro atoms. The summed E-state index contributed by atoms with van der Waals surface area (Å²) >= 11 is 1.39. The molecule has 0 bridgehead atoms. The highest BCUT2D eigenvalue weighted by Gasteiger charge is 2.18. The molecule has 2 rings (SSSR count). The average Bonchev–Trinajstić information content (AvgIpc) is 2.63. The van der Waals surface area contributed by atoms with Crippen LogP contribution in [0.15, 0.2) is 5.51 Å². The van der Waals surface area contributed by atoms with Gasteiger partial charge in [-0.25, -0.2) is 9.78 Å². The number of carbonyl (C=O) groups excluding carboxylic acids is 1. The number of ether oxygens (including phenoxy) is 1. The Bertz CT molecular complexity index is 474. The fraction of sp³-hybridized carbons (Fsp3) is 0.375. The molecule has 74 valence electrons. The number of imidazole rings is 1. The van der Waals surface area contributed by atoms with Gasteiger partial charge in [-0.1, -0.05) is 11.3 Å². The van der Waals surface area contributed by atoms with E-state index in [9.17, 15) is 4.79 Å². The van der Waals surface area contributed by atoms with Crippen molar-refractivity contribution in [3.05, 3.63) is 16.9 Å². The van der Waals surface area contributed by atoms with Crippen molar-refractivity contribution in [1.29, 1.82) is 0 Å². The van der Waals surface area contributed by atoms with Crippen LogP contribution < -0.4 is 0 Å². The van der Waals surface area contributed by atoms with Crippen LogP contribution >= 0.6 is 11.3 Å². The second-order valence-corrected chi connectivity index (χ2v) is 3.51. The van der Waals surface area contributed by atoms with Crippen LogP contribution in [-0.4, -0.2) is 27.2 Å². The van der Waals surface area contributed by atoms with Crippen LogP contribution in [0, 0.1) is 6.92 Å². The van der Waals surface area contributed by atoms with E-state index < -0.39 is 0 Å². The Morgan fingerprint density at radius 2 is 2.50 bits per heavy atom. The molecule has 0 atom stereocenters. The van der Waals surface area contributed by atoms with Crippen LogP contribution in [0.3, 0.4) is 0 Å². The number of aromatic nitrogens is 3. The zero-order valence-electron chi connectivity index (χ0n) is 7.85. The lowest BCUT2D eigenvalue weighted by molar-refractivity contribution is 0.0516. The van der Waals surface area contributed by atoms with Crippen LogP contribution in [0.5, 0.6) is 0 Å². The Hall–Kier alpha value is -1.43. The quantitative estimate of drug-likeness (QED) is 0.702. The Morgan fingerprint density at radius 3 is 3.21 bits per heavy atom. The molecule has 2 aromatic heterocycles. The number of esters is 1. The van der Waals surface area contributed by atoms with Gasteiger partial charge in [0.05, 0.1) is 12.3 Å². The molecular weight excluding hydrogens is 202 g/mol. The van der Waals surface area contributed by atoms with Crippen molar-refractivity contribution in [3.63, 3.8) is 0 Å². The minimum atomic E-state index is -0.372. The van der Waals surface area contributed by atoms with Gasteiger partial charge < -0.3 is 4.74 Å². The Labute approximate surface area is 84.3 Å². The van der Waals surface area contributed by atoms with Crippen molar-refractivity contribution in [2.24, 2.45) is 0 Å². The highest BCUT2D eigenvalue weighted by Crippen LogP contribution is 2.15. The van der Waals surface area contributed by atoms with Crippen molar-refractivity contribution in [2.45, 2.75) is 13.8 Å². The summed E-state index contributed by atoms with van der Waals surface area (Å²) in [5.74, 6) is -0.372. The Balaban J connectivity index is 2.53. The van der Waals surface area contributed by atoms with E-state index >= 15 is 0 Å². The van der Waals surface area contributed by atoms with E-state index in [1.165, 1.54) is 15.9 Å². The summed E-state index contributed by atoms with van der Waals surface area (Å²) in [4.78, 5) is 16.4. The largest absolute Gasteiger partial charge is 0.461 e. The van der Waals surface area contributed by atoms with Gasteiger partial charge in [0.25, 0.3) is 0 Å². The molecule has 0 aliphatic carbocycles. The summed E-state index contributed by atoms with van der Waals surface area (Å²) in [5.41, 5.74) is 2.72. The number of nitrogens with zero attached hydrogens (tertiary/aromatic N) is 3. The van der Waals surface area contributed by atoms with Gasteiger partial charge >= 0.3 is 5.97 Å². The SMILES string of the molecule is CCOC(=O)c1c(C)nc2scnn12. The summed E-state index contributed by atoms with van der Waals surface area (Å²) in [5, 5.41) is 4.01. The molecule has 5 nitrogen and oxygen atoms in total. The first-order valence-corrected chi connectivity index (χ1v) is 5.08. The van der Waals surface area contributed by atoms with Crippen molar-refractivity contribution >= 4 is 22.3 Å². The first-order chi connectivity index (χ1) is 6.74. The molecule has 14 heavy (non-hydrogen) atoms. The minimum Gasteiger partial charge on any atom is -0.461 e. The molecule has 0 amide bonds. The van der Waals surface area contributed by atoms with E-state index in [1.54, 1.807) is 19.4 Å². The zero-order chi connectivity index (χ0) is 10.1. The molecule has 0 saturated carbocycles. The number of fused-ring (bicyclic) bond motifs is 1. The van der Waals surface area contributed by atoms with E-state index in [0.717, 1.165) is 0 Å². The van der Waals surface area contributed by atoms with Gasteiger partial charge in [-0.3, -0.25) is 0 Å². The molecule has 6 heteroatoms. The predicted octanol–water partition coefficient (Wildman–Crippen LogP) is 1.28. The third kappa shape index (κ3) is 1.27. The van der Waals surface area contributed by atoms with Crippen LogP contribution in [-0.2, 0) is 4.74 Å². The molecule has 2 heterocycles. The average molecular weight is 211 g/mol. The van der Waals surface area contributed by atoms with E-state index in [4.69, 9.17) is 4.74 Å². The lowest BCUT2D eigenvalue weighted by atomic mass is 10.3. The zero-order valence-corrected chi connectivity index (χ0v) is 8.67. The fourth-order valence-corrected chi connectivity index (χ4v) is 1.89. The van der Waals surface area contributed by atoms with Crippen LogP contribution in [0.25, 0.3) is 4.96 Å². The van der Waals surface area contributed by atoms with E-state index in [2.05, 4.69) is 10.1 Å². The number of rotatable bonds is 2. The molecule has 0 fully saturated rings. The molecular formula is C8H9N3O2S. The Kier molecular flexibility index (Phi) is 2.20. The van der Waals surface area contributed by atoms with Crippen LogP contribution in [0.4, 0.5) is 0 Å². The summed E-state index contributed by atoms with van der Waals surface area (Å²) < 4.78 is 6.42. The van der Waals surface area contributed by atoms with Gasteiger partial charge in [-0.05, 0) is 13.8 Å². The molecule has 0 saturated heterocycles. The number of carbonyl (C=O) groups is 1. The number of hydrogen-bond acceptors (Lipinski definition) is 5. The summed E-state index contributed by atoms with van der Waals surface area (Å²) in [7, 11) is 0. The first kappa shape index (κ1) is 9.14.